The molecule has 0 aliphatic heterocycles. The number of nitrogen functional groups attached to an aromatic ring is 1. The second-order valence-corrected chi connectivity index (χ2v) is 5.40. The van der Waals surface area contributed by atoms with E-state index in [4.69, 9.17) is 15.9 Å². The topological polar surface area (TPSA) is 59.1 Å². The van der Waals surface area contributed by atoms with Crippen molar-refractivity contribution in [1.82, 2.24) is 0 Å². The quantitative estimate of drug-likeness (QED) is 0.604. The predicted molar refractivity (Wildman–Crippen MR) is 75.1 cm³/mol. The zero-order valence-electron chi connectivity index (χ0n) is 10.6. The molecule has 0 fully saturated rings. The van der Waals surface area contributed by atoms with Crippen LogP contribution >= 0.6 is 11.8 Å². The lowest BCUT2D eigenvalue weighted by Gasteiger charge is -2.12. The lowest BCUT2D eigenvalue weighted by Crippen LogP contribution is -2.11. The summed E-state index contributed by atoms with van der Waals surface area (Å²) in [6, 6.07) is 5.64. The third-order valence-electron chi connectivity index (χ3n) is 2.69. The van der Waals surface area contributed by atoms with Crippen LogP contribution in [0.15, 0.2) is 18.2 Å². The van der Waals surface area contributed by atoms with Gasteiger partial charge in [-0.05, 0) is 24.6 Å². The van der Waals surface area contributed by atoms with E-state index in [0.717, 1.165) is 29.1 Å². The summed E-state index contributed by atoms with van der Waals surface area (Å²) in [6.07, 6.45) is 1.15. The molecule has 0 aliphatic rings. The summed E-state index contributed by atoms with van der Waals surface area (Å²) in [5.41, 5.74) is 7.35. The number of nitrogens with two attached hydrogens (primary N) is 1. The second-order valence-electron chi connectivity index (χ2n) is 3.97. The third kappa shape index (κ3) is 3.97. The Balaban J connectivity index is 2.86. The molecule has 0 bridgehead atoms. The third-order valence-corrected chi connectivity index (χ3v) is 4.07. The van der Waals surface area contributed by atoms with E-state index in [0.29, 0.717) is 5.25 Å². The summed E-state index contributed by atoms with van der Waals surface area (Å²) in [4.78, 5) is 0. The molecule has 0 saturated carbocycles. The highest BCUT2D eigenvalue weighted by atomic mass is 32.2. The Morgan fingerprint density at radius 2 is 2.24 bits per heavy atom. The zero-order chi connectivity index (χ0) is 12.8. The number of nitrogens with one attached hydrogen (secondary N) is 1. The van der Waals surface area contributed by atoms with E-state index in [1.165, 1.54) is 0 Å². The minimum Gasteiger partial charge on any atom is -0.496 e. The van der Waals surface area contributed by atoms with Gasteiger partial charge in [-0.3, -0.25) is 5.41 Å². The Morgan fingerprint density at radius 3 is 2.76 bits per heavy atom. The smallest absolute Gasteiger partial charge is 0.122 e. The number of rotatable bonds is 6. The van der Waals surface area contributed by atoms with Gasteiger partial charge in [-0.25, -0.2) is 0 Å². The standard InChI is InChI=1S/C13H20N2OS/c1-4-9(2)17-8-11-7-10(13(14)15)5-6-12(11)16-3/h5-7,9H,4,8H2,1-3H3,(H3,14,15). The van der Waals surface area contributed by atoms with Crippen LogP contribution in [0.1, 0.15) is 31.4 Å². The molecule has 1 atom stereocenters. The fourth-order valence-electron chi connectivity index (χ4n) is 1.41. The highest BCUT2D eigenvalue weighted by molar-refractivity contribution is 7.99. The molecule has 0 saturated heterocycles. The van der Waals surface area contributed by atoms with Crippen molar-refractivity contribution in [2.24, 2.45) is 5.73 Å². The first-order chi connectivity index (χ1) is 8.08. The molecule has 0 aromatic heterocycles. The van der Waals surface area contributed by atoms with Gasteiger partial charge in [0.25, 0.3) is 0 Å². The molecule has 1 rings (SSSR count). The minimum absolute atomic E-state index is 0.0995. The van der Waals surface area contributed by atoms with E-state index in [-0.39, 0.29) is 5.84 Å². The molecule has 94 valence electrons. The van der Waals surface area contributed by atoms with Crippen LogP contribution in [0.3, 0.4) is 0 Å². The first-order valence-corrected chi connectivity index (χ1v) is 6.76. The van der Waals surface area contributed by atoms with E-state index >= 15 is 0 Å². The molecule has 0 spiro atoms. The summed E-state index contributed by atoms with van der Waals surface area (Å²) < 4.78 is 5.32. The van der Waals surface area contributed by atoms with Crippen molar-refractivity contribution in [1.29, 1.82) is 5.41 Å². The first kappa shape index (κ1) is 13.9. The number of methoxy groups -OCH3 is 1. The van der Waals surface area contributed by atoms with Gasteiger partial charge in [0.15, 0.2) is 0 Å². The average Bonchev–Trinajstić information content (AvgIpc) is 2.35. The molecular formula is C13H20N2OS. The number of hydrogen-bond donors (Lipinski definition) is 2. The van der Waals surface area contributed by atoms with Crippen molar-refractivity contribution in [3.63, 3.8) is 0 Å². The summed E-state index contributed by atoms with van der Waals surface area (Å²) in [5, 5.41) is 8.07. The predicted octanol–water partition coefficient (Wildman–Crippen LogP) is 3.01. The number of hydrogen-bond acceptors (Lipinski definition) is 3. The maximum absolute atomic E-state index is 7.44. The SMILES string of the molecule is CCC(C)SCc1cc(C(=N)N)ccc1OC. The van der Waals surface area contributed by atoms with Crippen molar-refractivity contribution in [3.05, 3.63) is 29.3 Å². The van der Waals surface area contributed by atoms with Gasteiger partial charge in [0.05, 0.1) is 7.11 Å². The Bertz CT molecular complexity index is 393. The zero-order valence-corrected chi connectivity index (χ0v) is 11.4. The van der Waals surface area contributed by atoms with Gasteiger partial charge in [-0.1, -0.05) is 13.8 Å². The van der Waals surface area contributed by atoms with Gasteiger partial charge in [0, 0.05) is 22.1 Å². The molecule has 1 aromatic rings. The molecular weight excluding hydrogens is 232 g/mol. The maximum atomic E-state index is 7.44. The molecule has 0 aliphatic carbocycles. The Kier molecular flexibility index (Phi) is 5.35. The Hall–Kier alpha value is -1.16. The van der Waals surface area contributed by atoms with Crippen LogP contribution in [0, 0.1) is 5.41 Å². The normalized spacial score (nSPS) is 12.2. The Labute approximate surface area is 107 Å². The minimum atomic E-state index is 0.0995. The van der Waals surface area contributed by atoms with Crippen LogP contribution in [0.2, 0.25) is 0 Å². The largest absolute Gasteiger partial charge is 0.496 e. The van der Waals surface area contributed by atoms with Gasteiger partial charge >= 0.3 is 0 Å². The first-order valence-electron chi connectivity index (χ1n) is 5.71. The van der Waals surface area contributed by atoms with E-state index in [2.05, 4.69) is 13.8 Å². The van der Waals surface area contributed by atoms with E-state index < -0.39 is 0 Å². The van der Waals surface area contributed by atoms with Crippen molar-refractivity contribution < 1.29 is 4.74 Å². The van der Waals surface area contributed by atoms with E-state index in [9.17, 15) is 0 Å². The molecule has 4 heteroatoms. The monoisotopic (exact) mass is 252 g/mol. The van der Waals surface area contributed by atoms with E-state index in [1.807, 2.05) is 30.0 Å². The van der Waals surface area contributed by atoms with Gasteiger partial charge in [0.2, 0.25) is 0 Å². The summed E-state index contributed by atoms with van der Waals surface area (Å²) >= 11 is 1.89. The van der Waals surface area contributed by atoms with Crippen molar-refractivity contribution in [2.45, 2.75) is 31.3 Å². The number of thioether (sulfide) groups is 1. The van der Waals surface area contributed by atoms with E-state index in [1.54, 1.807) is 7.11 Å². The highest BCUT2D eigenvalue weighted by Crippen LogP contribution is 2.27. The van der Waals surface area contributed by atoms with Gasteiger partial charge in [-0.2, -0.15) is 11.8 Å². The summed E-state index contributed by atoms with van der Waals surface area (Å²) in [5.74, 6) is 1.85. The fraction of sp³-hybridized carbons (Fsp3) is 0.462. The summed E-state index contributed by atoms with van der Waals surface area (Å²) in [7, 11) is 1.67. The van der Waals surface area contributed by atoms with Crippen LogP contribution in [0.5, 0.6) is 5.75 Å². The van der Waals surface area contributed by atoms with Crippen LogP contribution in [-0.4, -0.2) is 18.2 Å². The lowest BCUT2D eigenvalue weighted by atomic mass is 10.1. The fourth-order valence-corrected chi connectivity index (χ4v) is 2.33. The molecule has 3 N–H and O–H groups in total. The summed E-state index contributed by atoms with van der Waals surface area (Å²) in [6.45, 7) is 4.40. The Morgan fingerprint density at radius 1 is 1.53 bits per heavy atom. The molecule has 0 heterocycles. The number of ether oxygens (including phenoxy) is 1. The second kappa shape index (κ2) is 6.55. The number of benzene rings is 1. The highest BCUT2D eigenvalue weighted by Gasteiger charge is 2.08. The molecule has 1 unspecified atom stereocenters. The molecule has 3 nitrogen and oxygen atoms in total. The van der Waals surface area contributed by atoms with Gasteiger partial charge in [-0.15, -0.1) is 0 Å². The van der Waals surface area contributed by atoms with Crippen LogP contribution in [0.4, 0.5) is 0 Å². The molecule has 0 radical (unpaired) electrons. The lowest BCUT2D eigenvalue weighted by molar-refractivity contribution is 0.411. The molecule has 0 amide bonds. The maximum Gasteiger partial charge on any atom is 0.122 e. The van der Waals surface area contributed by atoms with Crippen molar-refractivity contribution in [3.8, 4) is 5.75 Å². The van der Waals surface area contributed by atoms with Crippen LogP contribution in [-0.2, 0) is 5.75 Å². The average molecular weight is 252 g/mol. The van der Waals surface area contributed by atoms with Crippen LogP contribution in [0.25, 0.3) is 0 Å². The van der Waals surface area contributed by atoms with Crippen molar-refractivity contribution in [2.75, 3.05) is 7.11 Å². The van der Waals surface area contributed by atoms with Crippen LogP contribution < -0.4 is 10.5 Å². The molecule has 17 heavy (non-hydrogen) atoms. The number of amidine groups is 1. The van der Waals surface area contributed by atoms with Crippen molar-refractivity contribution >= 4 is 17.6 Å². The van der Waals surface area contributed by atoms with Gasteiger partial charge in [0.1, 0.15) is 11.6 Å². The van der Waals surface area contributed by atoms with Gasteiger partial charge < -0.3 is 10.5 Å². The molecule has 1 aromatic carbocycles.